The first-order valence-corrected chi connectivity index (χ1v) is 8.01. The molecular weight excluding hydrogens is 326 g/mol. The molecule has 0 spiro atoms. The topological polar surface area (TPSA) is 54.5 Å². The third-order valence-corrected chi connectivity index (χ3v) is 4.51. The zero-order valence-electron chi connectivity index (χ0n) is 14.3. The van der Waals surface area contributed by atoms with Crippen LogP contribution in [0, 0.1) is 12.8 Å². The Bertz CT molecular complexity index is 736. The average Bonchev–Trinajstić information content (AvgIpc) is 3.02. The zero-order chi connectivity index (χ0) is 16.4. The summed E-state index contributed by atoms with van der Waals surface area (Å²) < 4.78 is 5.23. The Morgan fingerprint density at radius 3 is 2.92 bits per heavy atom. The van der Waals surface area contributed by atoms with Crippen molar-refractivity contribution < 1.29 is 9.53 Å². The molecule has 1 saturated heterocycles. The van der Waals surface area contributed by atoms with E-state index in [4.69, 9.17) is 4.74 Å². The number of nitrogens with one attached hydrogen (secondary N) is 1. The number of methoxy groups -OCH3 is 1. The molecule has 0 radical (unpaired) electrons. The summed E-state index contributed by atoms with van der Waals surface area (Å²) in [5, 5.41) is 4.16. The highest BCUT2D eigenvalue weighted by molar-refractivity contribution is 5.99. The Morgan fingerprint density at radius 2 is 2.21 bits per heavy atom. The van der Waals surface area contributed by atoms with Crippen LogP contribution in [0.25, 0.3) is 10.9 Å². The predicted octanol–water partition coefficient (Wildman–Crippen LogP) is 2.66. The fraction of sp³-hybridized carbons (Fsp3) is 0.444. The van der Waals surface area contributed by atoms with E-state index >= 15 is 0 Å². The number of ether oxygens (including phenoxy) is 1. The number of hydrogen-bond acceptors (Lipinski definition) is 4. The van der Waals surface area contributed by atoms with Gasteiger partial charge in [0.15, 0.2) is 0 Å². The van der Waals surface area contributed by atoms with E-state index in [0.717, 1.165) is 48.4 Å². The van der Waals surface area contributed by atoms with Crippen molar-refractivity contribution in [1.29, 1.82) is 0 Å². The minimum Gasteiger partial charge on any atom is -0.497 e. The quantitative estimate of drug-likeness (QED) is 0.922. The van der Waals surface area contributed by atoms with Gasteiger partial charge in [-0.05, 0) is 51.1 Å². The molecule has 130 valence electrons. The summed E-state index contributed by atoms with van der Waals surface area (Å²) in [6.45, 7) is 4.50. The van der Waals surface area contributed by atoms with Crippen LogP contribution in [-0.2, 0) is 0 Å². The Morgan fingerprint density at radius 1 is 1.42 bits per heavy atom. The van der Waals surface area contributed by atoms with Crippen LogP contribution >= 0.6 is 12.4 Å². The minimum atomic E-state index is 0. The smallest absolute Gasteiger partial charge is 0.255 e. The van der Waals surface area contributed by atoms with Gasteiger partial charge >= 0.3 is 0 Å². The molecule has 3 rings (SSSR count). The van der Waals surface area contributed by atoms with E-state index in [-0.39, 0.29) is 18.3 Å². The summed E-state index contributed by atoms with van der Waals surface area (Å²) in [6, 6.07) is 7.69. The van der Waals surface area contributed by atoms with Crippen LogP contribution in [0.4, 0.5) is 0 Å². The maximum absolute atomic E-state index is 12.8. The largest absolute Gasteiger partial charge is 0.497 e. The first-order valence-electron chi connectivity index (χ1n) is 8.01. The highest BCUT2D eigenvalue weighted by Gasteiger charge is 2.27. The van der Waals surface area contributed by atoms with E-state index in [1.54, 1.807) is 7.11 Å². The van der Waals surface area contributed by atoms with Gasteiger partial charge in [-0.1, -0.05) is 0 Å². The normalized spacial score (nSPS) is 17.0. The van der Waals surface area contributed by atoms with Crippen molar-refractivity contribution in [3.63, 3.8) is 0 Å². The number of benzene rings is 1. The molecule has 0 bridgehead atoms. The summed E-state index contributed by atoms with van der Waals surface area (Å²) in [6.07, 6.45) is 1.06. The van der Waals surface area contributed by atoms with Gasteiger partial charge in [0, 0.05) is 24.5 Å². The molecule has 5 nitrogen and oxygen atoms in total. The molecule has 1 aromatic carbocycles. The van der Waals surface area contributed by atoms with Crippen molar-refractivity contribution >= 4 is 29.2 Å². The van der Waals surface area contributed by atoms with Gasteiger partial charge in [-0.3, -0.25) is 9.78 Å². The average molecular weight is 350 g/mol. The van der Waals surface area contributed by atoms with Crippen molar-refractivity contribution in [3.05, 3.63) is 35.5 Å². The number of halogens is 1. The van der Waals surface area contributed by atoms with E-state index in [9.17, 15) is 4.79 Å². The highest BCUT2D eigenvalue weighted by atomic mass is 35.5. The summed E-state index contributed by atoms with van der Waals surface area (Å²) >= 11 is 0. The van der Waals surface area contributed by atoms with Gasteiger partial charge in [-0.2, -0.15) is 0 Å². The summed E-state index contributed by atoms with van der Waals surface area (Å²) in [7, 11) is 3.59. The lowest BCUT2D eigenvalue weighted by molar-refractivity contribution is 0.0786. The third-order valence-electron chi connectivity index (χ3n) is 4.51. The van der Waals surface area contributed by atoms with Crippen molar-refractivity contribution in [2.24, 2.45) is 5.92 Å². The van der Waals surface area contributed by atoms with Gasteiger partial charge < -0.3 is 15.0 Å². The number of aryl methyl sites for hydroxylation is 1. The fourth-order valence-corrected chi connectivity index (χ4v) is 3.23. The predicted molar refractivity (Wildman–Crippen MR) is 98.2 cm³/mol. The second-order valence-corrected chi connectivity index (χ2v) is 6.14. The Hall–Kier alpha value is -1.85. The van der Waals surface area contributed by atoms with Gasteiger partial charge in [0.2, 0.25) is 0 Å². The Kier molecular flexibility index (Phi) is 6.02. The summed E-state index contributed by atoms with van der Waals surface area (Å²) in [4.78, 5) is 19.4. The van der Waals surface area contributed by atoms with Crippen LogP contribution < -0.4 is 10.1 Å². The monoisotopic (exact) mass is 349 g/mol. The molecule has 1 amide bonds. The van der Waals surface area contributed by atoms with E-state index < -0.39 is 0 Å². The number of nitrogens with zero attached hydrogens (tertiary/aromatic N) is 2. The SMILES string of the molecule is CNCC1CCN(C(=O)c2cc3ccc(OC)cc3nc2C)C1.Cl. The number of likely N-dealkylation sites (tertiary alicyclic amines) is 1. The first-order chi connectivity index (χ1) is 11.1. The molecule has 2 heterocycles. The number of carbonyl (C=O) groups excluding carboxylic acids is 1. The molecule has 1 aliphatic heterocycles. The lowest BCUT2D eigenvalue weighted by Gasteiger charge is -2.18. The molecular formula is C18H24ClN3O2. The zero-order valence-corrected chi connectivity index (χ0v) is 15.2. The second-order valence-electron chi connectivity index (χ2n) is 6.14. The standard InChI is InChI=1S/C18H23N3O2.ClH/c1-12-16(18(22)21-7-6-13(11-21)10-19-2)8-14-4-5-15(23-3)9-17(14)20-12;/h4-5,8-9,13,19H,6-7,10-11H2,1-3H3;1H. The van der Waals surface area contributed by atoms with Crippen LogP contribution in [0.3, 0.4) is 0 Å². The molecule has 2 aromatic rings. The number of amides is 1. The van der Waals surface area contributed by atoms with E-state index in [1.807, 2.05) is 43.1 Å². The number of hydrogen-bond donors (Lipinski definition) is 1. The van der Waals surface area contributed by atoms with Gasteiger partial charge in [-0.15, -0.1) is 12.4 Å². The fourth-order valence-electron chi connectivity index (χ4n) is 3.23. The third kappa shape index (κ3) is 3.62. The first kappa shape index (κ1) is 18.5. The maximum atomic E-state index is 12.8. The van der Waals surface area contributed by atoms with Crippen LogP contribution in [0.2, 0.25) is 0 Å². The van der Waals surface area contributed by atoms with E-state index in [2.05, 4.69) is 10.3 Å². The number of rotatable bonds is 4. The molecule has 0 aliphatic carbocycles. The molecule has 1 aromatic heterocycles. The number of carbonyl (C=O) groups is 1. The Balaban J connectivity index is 0.00000208. The van der Waals surface area contributed by atoms with Crippen molar-refractivity contribution in [1.82, 2.24) is 15.2 Å². The second kappa shape index (κ2) is 7.81. The van der Waals surface area contributed by atoms with Crippen molar-refractivity contribution in [3.8, 4) is 5.75 Å². The molecule has 1 N–H and O–H groups in total. The van der Waals surface area contributed by atoms with Crippen LogP contribution in [-0.4, -0.2) is 49.6 Å². The molecule has 1 atom stereocenters. The minimum absolute atomic E-state index is 0. The lowest BCUT2D eigenvalue weighted by atomic mass is 10.1. The van der Waals surface area contributed by atoms with Crippen LogP contribution in [0.1, 0.15) is 22.5 Å². The molecule has 1 aliphatic rings. The molecule has 24 heavy (non-hydrogen) atoms. The molecule has 0 saturated carbocycles. The van der Waals surface area contributed by atoms with E-state index in [1.165, 1.54) is 0 Å². The summed E-state index contributed by atoms with van der Waals surface area (Å²) in [5.74, 6) is 1.41. The van der Waals surface area contributed by atoms with Gasteiger partial charge in [-0.25, -0.2) is 0 Å². The van der Waals surface area contributed by atoms with E-state index in [0.29, 0.717) is 11.5 Å². The van der Waals surface area contributed by atoms with Gasteiger partial charge in [0.1, 0.15) is 5.75 Å². The van der Waals surface area contributed by atoms with Crippen molar-refractivity contribution in [2.45, 2.75) is 13.3 Å². The van der Waals surface area contributed by atoms with Crippen LogP contribution in [0.5, 0.6) is 5.75 Å². The number of fused-ring (bicyclic) bond motifs is 1. The van der Waals surface area contributed by atoms with Crippen LogP contribution in [0.15, 0.2) is 24.3 Å². The Labute approximate surface area is 148 Å². The molecule has 1 fully saturated rings. The molecule has 6 heteroatoms. The molecule has 1 unspecified atom stereocenters. The van der Waals surface area contributed by atoms with Crippen molar-refractivity contribution in [2.75, 3.05) is 33.8 Å². The highest BCUT2D eigenvalue weighted by Crippen LogP contribution is 2.24. The number of pyridine rings is 1. The summed E-state index contributed by atoms with van der Waals surface area (Å²) in [5.41, 5.74) is 2.33. The van der Waals surface area contributed by atoms with Gasteiger partial charge in [0.05, 0.1) is 23.9 Å². The maximum Gasteiger partial charge on any atom is 0.255 e. The number of aromatic nitrogens is 1. The van der Waals surface area contributed by atoms with Gasteiger partial charge in [0.25, 0.3) is 5.91 Å². The lowest BCUT2D eigenvalue weighted by Crippen LogP contribution is -2.31.